The fourth-order valence-corrected chi connectivity index (χ4v) is 7.96. The molecule has 0 unspecified atom stereocenters. The molecule has 0 amide bonds. The molecule has 0 saturated heterocycles. The van der Waals surface area contributed by atoms with E-state index in [-0.39, 0.29) is 10.8 Å². The number of aromatic nitrogens is 2. The third-order valence-electron chi connectivity index (χ3n) is 11.0. The van der Waals surface area contributed by atoms with Gasteiger partial charge in [0.1, 0.15) is 28.5 Å². The molecule has 9 rings (SSSR count). The van der Waals surface area contributed by atoms with Crippen LogP contribution in [0, 0.1) is 13.8 Å². The molecule has 0 fully saturated rings. The van der Waals surface area contributed by atoms with Gasteiger partial charge in [0.25, 0.3) is 0 Å². The lowest BCUT2D eigenvalue weighted by Gasteiger charge is -2.23. The largest absolute Gasteiger partial charge is 0.457 e. The highest BCUT2D eigenvalue weighted by Crippen LogP contribution is 2.42. The van der Waals surface area contributed by atoms with E-state index in [9.17, 15) is 0 Å². The van der Waals surface area contributed by atoms with Gasteiger partial charge in [0.15, 0.2) is 0 Å². The minimum atomic E-state index is -0.0480. The second kappa shape index (κ2) is 13.6. The summed E-state index contributed by atoms with van der Waals surface area (Å²) in [6, 6.07) is 44.2. The minimum absolute atomic E-state index is 0.0480. The molecule has 6 heteroatoms. The second-order valence-corrected chi connectivity index (χ2v) is 17.3. The van der Waals surface area contributed by atoms with Crippen LogP contribution in [0.3, 0.4) is 0 Å². The van der Waals surface area contributed by atoms with Crippen molar-refractivity contribution in [3.8, 4) is 17.3 Å². The van der Waals surface area contributed by atoms with Crippen LogP contribution < -0.4 is 15.4 Å². The Morgan fingerprint density at radius 2 is 1.26 bits per heavy atom. The van der Waals surface area contributed by atoms with Crippen molar-refractivity contribution in [2.75, 3.05) is 10.6 Å². The van der Waals surface area contributed by atoms with Crippen molar-refractivity contribution >= 4 is 66.5 Å². The summed E-state index contributed by atoms with van der Waals surface area (Å²) in [5.74, 6) is 2.31. The van der Waals surface area contributed by atoms with Crippen molar-refractivity contribution in [1.29, 1.82) is 0 Å². The molecule has 0 atom stereocenters. The van der Waals surface area contributed by atoms with Crippen molar-refractivity contribution in [3.63, 3.8) is 0 Å². The van der Waals surface area contributed by atoms with Crippen LogP contribution in [0.1, 0.15) is 63.8 Å². The Balaban J connectivity index is 1.09. The summed E-state index contributed by atoms with van der Waals surface area (Å²) in [5, 5.41) is 11.8. The third kappa shape index (κ3) is 6.65. The maximum absolute atomic E-state index is 6.66. The van der Waals surface area contributed by atoms with Crippen LogP contribution in [0.4, 0.5) is 22.7 Å². The molecule has 0 spiro atoms. The summed E-state index contributed by atoms with van der Waals surface area (Å²) in [6.45, 7) is 17.8. The Bertz CT molecular complexity index is 2970. The van der Waals surface area contributed by atoms with Crippen LogP contribution in [0.25, 0.3) is 49.6 Å². The second-order valence-electron chi connectivity index (χ2n) is 17.3. The normalized spacial score (nSPS) is 12.2. The van der Waals surface area contributed by atoms with Crippen molar-refractivity contribution < 1.29 is 9.15 Å². The van der Waals surface area contributed by atoms with Gasteiger partial charge in [0.2, 0.25) is 0 Å². The van der Waals surface area contributed by atoms with E-state index >= 15 is 0 Å². The summed E-state index contributed by atoms with van der Waals surface area (Å²) in [4.78, 5) is 4.97. The summed E-state index contributed by atoms with van der Waals surface area (Å²) in [5.41, 5.74) is 12.8. The molecular formula is C51H48N4O2. The zero-order chi connectivity index (χ0) is 39.6. The van der Waals surface area contributed by atoms with Crippen LogP contribution in [-0.4, -0.2) is 9.55 Å². The number of furan rings is 1. The molecule has 9 aromatic rings. The number of anilines is 4. The zero-order valence-electron chi connectivity index (χ0n) is 33.9. The number of benzene rings is 6. The zero-order valence-corrected chi connectivity index (χ0v) is 33.9. The van der Waals surface area contributed by atoms with Crippen LogP contribution in [0.2, 0.25) is 0 Å². The Hall–Kier alpha value is -6.53. The molecule has 3 heterocycles. The summed E-state index contributed by atoms with van der Waals surface area (Å²) < 4.78 is 15.3. The summed E-state index contributed by atoms with van der Waals surface area (Å²) in [6.07, 6.45) is 1.92. The van der Waals surface area contributed by atoms with Gasteiger partial charge in [-0.3, -0.25) is 4.57 Å². The molecule has 284 valence electrons. The minimum Gasteiger partial charge on any atom is -0.457 e. The van der Waals surface area contributed by atoms with Gasteiger partial charge in [-0.1, -0.05) is 90.1 Å². The van der Waals surface area contributed by atoms with Gasteiger partial charge in [-0.05, 0) is 114 Å². The van der Waals surface area contributed by atoms with Gasteiger partial charge in [-0.2, -0.15) is 0 Å². The van der Waals surface area contributed by atoms with E-state index in [1.54, 1.807) is 0 Å². The van der Waals surface area contributed by atoms with Gasteiger partial charge in [-0.15, -0.1) is 0 Å². The maximum atomic E-state index is 6.66. The van der Waals surface area contributed by atoms with Crippen molar-refractivity contribution in [2.24, 2.45) is 0 Å². The first-order valence-electron chi connectivity index (χ1n) is 19.7. The fourth-order valence-electron chi connectivity index (χ4n) is 7.96. The summed E-state index contributed by atoms with van der Waals surface area (Å²) in [7, 11) is 0. The van der Waals surface area contributed by atoms with Gasteiger partial charge < -0.3 is 19.8 Å². The highest BCUT2D eigenvalue weighted by molar-refractivity contribution is 6.24. The predicted molar refractivity (Wildman–Crippen MR) is 239 cm³/mol. The molecule has 3 aromatic heterocycles. The number of fused-ring (bicyclic) bond motifs is 7. The number of nitrogens with zero attached hydrogens (tertiary/aromatic N) is 2. The standard InChI is InChI=1S/C51H48N4O2/c1-31-26-34(51(6,7)8)27-32(2)48(31)54-42-18-11-10-17-41(42)53-35-14-13-15-36(29-35)56-37-20-21-38-39-22-23-45-47(40-16-9-12-19-44(40)57-45)49(39)55(43(38)30-37)46-28-33(24-25-52-46)50(3,4)5/h9-30,53-54H,1-8H3. The van der Waals surface area contributed by atoms with E-state index in [4.69, 9.17) is 14.1 Å². The maximum Gasteiger partial charge on any atom is 0.137 e. The van der Waals surface area contributed by atoms with Gasteiger partial charge in [0.05, 0.1) is 27.8 Å². The predicted octanol–water partition coefficient (Wildman–Crippen LogP) is 14.6. The van der Waals surface area contributed by atoms with Crippen LogP contribution in [0.15, 0.2) is 138 Å². The van der Waals surface area contributed by atoms with Gasteiger partial charge in [-0.25, -0.2) is 4.98 Å². The molecule has 2 N–H and O–H groups in total. The molecule has 6 aromatic carbocycles. The lowest BCUT2D eigenvalue weighted by Crippen LogP contribution is -2.12. The molecular weight excluding hydrogens is 701 g/mol. The average molecular weight is 749 g/mol. The number of aryl methyl sites for hydroxylation is 2. The number of ether oxygens (including phenoxy) is 1. The van der Waals surface area contributed by atoms with Gasteiger partial charge in [0, 0.05) is 45.9 Å². The fraction of sp³-hybridized carbons (Fsp3) is 0.196. The monoisotopic (exact) mass is 748 g/mol. The highest BCUT2D eigenvalue weighted by Gasteiger charge is 2.22. The molecule has 6 nitrogen and oxygen atoms in total. The number of nitrogens with one attached hydrogen (secondary N) is 2. The van der Waals surface area contributed by atoms with Gasteiger partial charge >= 0.3 is 0 Å². The molecule has 0 bridgehead atoms. The Morgan fingerprint density at radius 1 is 0.579 bits per heavy atom. The number of hydrogen-bond donors (Lipinski definition) is 2. The number of hydrogen-bond acceptors (Lipinski definition) is 5. The first-order valence-corrected chi connectivity index (χ1v) is 19.7. The Labute approximate surface area is 334 Å². The van der Waals surface area contributed by atoms with Crippen LogP contribution in [-0.2, 0) is 10.8 Å². The van der Waals surface area contributed by atoms with Crippen molar-refractivity contribution in [2.45, 2.75) is 66.2 Å². The number of pyridine rings is 1. The van der Waals surface area contributed by atoms with E-state index in [0.717, 1.165) is 83.8 Å². The molecule has 0 aliphatic carbocycles. The Kier molecular flexibility index (Phi) is 8.62. The lowest BCUT2D eigenvalue weighted by molar-refractivity contribution is 0.483. The third-order valence-corrected chi connectivity index (χ3v) is 11.0. The smallest absolute Gasteiger partial charge is 0.137 e. The van der Waals surface area contributed by atoms with E-state index < -0.39 is 0 Å². The highest BCUT2D eigenvalue weighted by atomic mass is 16.5. The molecule has 0 saturated carbocycles. The SMILES string of the molecule is Cc1cc(C(C)(C)C)cc(C)c1Nc1ccccc1Nc1cccc(Oc2ccc3c4ccc5oc6ccccc6c5c4n(-c4cc(C(C)(C)C)ccn4)c3c2)c1. The number of rotatable bonds is 7. The van der Waals surface area contributed by atoms with E-state index in [1.165, 1.54) is 22.3 Å². The Morgan fingerprint density at radius 3 is 2.02 bits per heavy atom. The molecule has 0 aliphatic heterocycles. The molecule has 57 heavy (non-hydrogen) atoms. The van der Waals surface area contributed by atoms with E-state index in [1.807, 2.05) is 36.5 Å². The topological polar surface area (TPSA) is 64.2 Å². The quantitative estimate of drug-likeness (QED) is 0.170. The first kappa shape index (κ1) is 36.1. The van der Waals surface area contributed by atoms with Crippen molar-refractivity contribution in [1.82, 2.24) is 9.55 Å². The number of para-hydroxylation sites is 3. The average Bonchev–Trinajstić information content (AvgIpc) is 3.72. The van der Waals surface area contributed by atoms with E-state index in [2.05, 4.69) is 168 Å². The summed E-state index contributed by atoms with van der Waals surface area (Å²) >= 11 is 0. The first-order chi connectivity index (χ1) is 27.3. The van der Waals surface area contributed by atoms with Crippen LogP contribution in [0.5, 0.6) is 11.5 Å². The lowest BCUT2D eigenvalue weighted by atomic mass is 9.84. The molecule has 0 aliphatic rings. The van der Waals surface area contributed by atoms with E-state index in [0.29, 0.717) is 0 Å². The molecule has 0 radical (unpaired) electrons. The van der Waals surface area contributed by atoms with Crippen LogP contribution >= 0.6 is 0 Å². The van der Waals surface area contributed by atoms with Crippen molar-refractivity contribution in [3.05, 3.63) is 156 Å².